The molecule has 0 aromatic rings. The topological polar surface area (TPSA) is 60.2 Å². The molecule has 2 N–H and O–H groups in total. The first-order chi connectivity index (χ1) is 2.56. The van der Waals surface area contributed by atoms with Gasteiger partial charge in [0.1, 0.15) is 0 Å². The molecule has 5 heteroatoms. The lowest BCUT2D eigenvalue weighted by Crippen LogP contribution is -2.12. The zero-order chi connectivity index (χ0) is 5.21. The van der Waals surface area contributed by atoms with E-state index in [2.05, 4.69) is 5.14 Å². The summed E-state index contributed by atoms with van der Waals surface area (Å²) >= 11 is 0. The van der Waals surface area contributed by atoms with E-state index in [0.717, 1.165) is 0 Å². The number of hydrogen-bond donors (Lipinski definition) is 1. The number of halogens is 1. The van der Waals surface area contributed by atoms with Crippen LogP contribution in [-0.2, 0) is 10.0 Å². The van der Waals surface area contributed by atoms with Crippen LogP contribution >= 0.6 is 0 Å². The molecule has 0 aliphatic heterocycles. The van der Waals surface area contributed by atoms with E-state index in [1.807, 2.05) is 0 Å². The molecule has 0 aromatic carbocycles. The maximum absolute atomic E-state index is 10.8. The van der Waals surface area contributed by atoms with Crippen LogP contribution in [0, 0.1) is 0 Å². The van der Waals surface area contributed by atoms with Crippen molar-refractivity contribution >= 4 is 10.0 Å². The van der Waals surface area contributed by atoms with Crippen LogP contribution in [0.1, 0.15) is 0 Å². The molecule has 0 saturated carbocycles. The quantitative estimate of drug-likeness (QED) is 0.484. The number of nitrogens with two attached hydrogens (primary N) is 1. The maximum Gasteiger partial charge on any atom is 0.238 e. The number of alkyl halides is 1. The summed E-state index contributed by atoms with van der Waals surface area (Å²) in [5, 5.41) is 4.13. The molecule has 0 spiro atoms. The van der Waals surface area contributed by atoms with Crippen LogP contribution in [0.3, 0.4) is 0 Å². The molecule has 38 valence electrons. The van der Waals surface area contributed by atoms with E-state index in [1.165, 1.54) is 0 Å². The second-order valence-corrected chi connectivity index (χ2v) is 2.32. The van der Waals surface area contributed by atoms with Crippen molar-refractivity contribution in [2.45, 2.75) is 0 Å². The Morgan fingerprint density at radius 2 is 1.83 bits per heavy atom. The molecule has 0 fully saturated rings. The van der Waals surface area contributed by atoms with Gasteiger partial charge in [0.25, 0.3) is 0 Å². The first-order valence-corrected chi connectivity index (χ1v) is 2.84. The van der Waals surface area contributed by atoms with Crippen LogP contribution in [0.2, 0.25) is 0 Å². The largest absolute Gasteiger partial charge is 0.238 e. The molecule has 6 heavy (non-hydrogen) atoms. The molecule has 0 amide bonds. The summed E-state index contributed by atoms with van der Waals surface area (Å²) < 4.78 is 29.6. The van der Waals surface area contributed by atoms with Gasteiger partial charge in [-0.2, -0.15) is 0 Å². The van der Waals surface area contributed by atoms with Gasteiger partial charge in [0.15, 0.2) is 0 Å². The van der Waals surface area contributed by atoms with Gasteiger partial charge in [0.2, 0.25) is 16.0 Å². The van der Waals surface area contributed by atoms with Crippen LogP contribution in [0.25, 0.3) is 0 Å². The average molecular weight is 113 g/mol. The molecule has 0 radical (unpaired) electrons. The third-order valence-electron chi connectivity index (χ3n) is 0.152. The Morgan fingerprint density at radius 3 is 1.83 bits per heavy atom. The van der Waals surface area contributed by atoms with Gasteiger partial charge < -0.3 is 0 Å². The number of rotatable bonds is 1. The molecule has 0 aromatic heterocycles. The van der Waals surface area contributed by atoms with Crippen molar-refractivity contribution in [2.24, 2.45) is 5.14 Å². The zero-order valence-electron chi connectivity index (χ0n) is 2.89. The molecule has 0 atom stereocenters. The van der Waals surface area contributed by atoms with Crippen LogP contribution in [0.15, 0.2) is 0 Å². The van der Waals surface area contributed by atoms with E-state index in [1.54, 1.807) is 0 Å². The first-order valence-electron chi connectivity index (χ1n) is 1.12. The molecular formula is CH4FNO2S. The maximum atomic E-state index is 10.8. The fourth-order valence-electron chi connectivity index (χ4n) is 0. The van der Waals surface area contributed by atoms with Crippen molar-refractivity contribution < 1.29 is 12.8 Å². The van der Waals surface area contributed by atoms with E-state index < -0.39 is 16.0 Å². The smallest absolute Gasteiger partial charge is 0.232 e. The molecular weight excluding hydrogens is 109 g/mol. The lowest BCUT2D eigenvalue weighted by Gasteiger charge is -1.78. The molecule has 0 aliphatic rings. The number of hydrogen-bond acceptors (Lipinski definition) is 2. The second kappa shape index (κ2) is 1.53. The SMILES string of the molecule is NS(=O)(=O)CF. The summed E-state index contributed by atoms with van der Waals surface area (Å²) in [4.78, 5) is 0. The summed E-state index contributed by atoms with van der Waals surface area (Å²) in [6.45, 7) is 0. The van der Waals surface area contributed by atoms with Crippen molar-refractivity contribution in [3.8, 4) is 0 Å². The van der Waals surface area contributed by atoms with Gasteiger partial charge in [-0.15, -0.1) is 0 Å². The van der Waals surface area contributed by atoms with E-state index in [0.29, 0.717) is 0 Å². The van der Waals surface area contributed by atoms with E-state index in [9.17, 15) is 12.8 Å². The van der Waals surface area contributed by atoms with Gasteiger partial charge in [-0.3, -0.25) is 0 Å². The summed E-state index contributed by atoms with van der Waals surface area (Å²) in [6.07, 6.45) is 0. The lowest BCUT2D eigenvalue weighted by atomic mass is 11.8. The van der Waals surface area contributed by atoms with Crippen LogP contribution in [0.4, 0.5) is 4.39 Å². The molecule has 3 nitrogen and oxygen atoms in total. The average Bonchev–Trinajstić information content (AvgIpc) is 1.35. The van der Waals surface area contributed by atoms with Crippen LogP contribution in [0.5, 0.6) is 0 Å². The summed E-state index contributed by atoms with van der Waals surface area (Å²) in [5.74, 6) is 0. The summed E-state index contributed by atoms with van der Waals surface area (Å²) in [7, 11) is -3.83. The van der Waals surface area contributed by atoms with Crippen molar-refractivity contribution in [1.29, 1.82) is 0 Å². The Kier molecular flexibility index (Phi) is 1.48. The van der Waals surface area contributed by atoms with E-state index in [-0.39, 0.29) is 0 Å². The van der Waals surface area contributed by atoms with E-state index in [4.69, 9.17) is 0 Å². The summed E-state index contributed by atoms with van der Waals surface area (Å²) in [5.41, 5.74) is 0. The Labute approximate surface area is 35.0 Å². The molecule has 0 rings (SSSR count). The molecule has 0 saturated heterocycles. The standard InChI is InChI=1S/CH4FNO2S/c2-1-6(3,4)5/h1H2,(H2,3,4,5). The predicted molar refractivity (Wildman–Crippen MR) is 19.1 cm³/mol. The molecule has 0 aliphatic carbocycles. The van der Waals surface area contributed by atoms with Crippen molar-refractivity contribution in [2.75, 3.05) is 6.01 Å². The van der Waals surface area contributed by atoms with Crippen molar-refractivity contribution in [3.05, 3.63) is 0 Å². The first kappa shape index (κ1) is 5.84. The third-order valence-corrected chi connectivity index (χ3v) is 0.456. The zero-order valence-corrected chi connectivity index (χ0v) is 3.70. The molecule has 0 bridgehead atoms. The van der Waals surface area contributed by atoms with Crippen molar-refractivity contribution in [3.63, 3.8) is 0 Å². The monoisotopic (exact) mass is 113 g/mol. The van der Waals surface area contributed by atoms with Gasteiger partial charge in [-0.05, 0) is 0 Å². The Hall–Kier alpha value is -0.160. The fourth-order valence-corrected chi connectivity index (χ4v) is 0. The third kappa shape index (κ3) is 3.84. The summed E-state index contributed by atoms with van der Waals surface area (Å²) in [6, 6.07) is -1.48. The Morgan fingerprint density at radius 1 is 1.67 bits per heavy atom. The lowest BCUT2D eigenvalue weighted by molar-refractivity contribution is 0.536. The minimum Gasteiger partial charge on any atom is -0.232 e. The van der Waals surface area contributed by atoms with Gasteiger partial charge >= 0.3 is 0 Å². The van der Waals surface area contributed by atoms with Crippen LogP contribution < -0.4 is 5.14 Å². The Balaban J connectivity index is 3.85. The van der Waals surface area contributed by atoms with Crippen molar-refractivity contribution in [1.82, 2.24) is 0 Å². The van der Waals surface area contributed by atoms with Gasteiger partial charge in [-0.25, -0.2) is 17.9 Å². The highest BCUT2D eigenvalue weighted by Gasteiger charge is 1.95. The van der Waals surface area contributed by atoms with Gasteiger partial charge in [-0.1, -0.05) is 0 Å². The predicted octanol–water partition coefficient (Wildman–Crippen LogP) is -0.798. The van der Waals surface area contributed by atoms with Crippen LogP contribution in [-0.4, -0.2) is 14.4 Å². The fraction of sp³-hybridized carbons (Fsp3) is 1.00. The van der Waals surface area contributed by atoms with Gasteiger partial charge in [0, 0.05) is 0 Å². The highest BCUT2D eigenvalue weighted by atomic mass is 32.2. The Bertz CT molecular complexity index is 116. The van der Waals surface area contributed by atoms with Gasteiger partial charge in [0.05, 0.1) is 0 Å². The van der Waals surface area contributed by atoms with E-state index >= 15 is 0 Å². The molecule has 0 unspecified atom stereocenters. The minimum absolute atomic E-state index is 1.48. The number of sulfonamides is 1. The highest BCUT2D eigenvalue weighted by Crippen LogP contribution is 1.72. The molecule has 0 heterocycles. The number of primary sulfonamides is 1. The minimum atomic E-state index is -3.83. The highest BCUT2D eigenvalue weighted by molar-refractivity contribution is 7.88. The normalized spacial score (nSPS) is 11.7. The second-order valence-electron chi connectivity index (χ2n) is 0.772.